The minimum atomic E-state index is -0.861. The number of para-hydroxylation sites is 2. The maximum atomic E-state index is 14.0. The fourth-order valence-electron chi connectivity index (χ4n) is 3.56. The van der Waals surface area contributed by atoms with Crippen molar-refractivity contribution in [3.8, 4) is 0 Å². The van der Waals surface area contributed by atoms with Gasteiger partial charge in [-0.05, 0) is 18.1 Å². The molecule has 0 atom stereocenters. The average molecular weight is 415 g/mol. The molecule has 3 heterocycles. The van der Waals surface area contributed by atoms with Crippen LogP contribution in [0.4, 0.5) is 10.3 Å². The summed E-state index contributed by atoms with van der Waals surface area (Å²) in [6.45, 7) is 5.07. The predicted molar refractivity (Wildman–Crippen MR) is 108 cm³/mol. The quantitative estimate of drug-likeness (QED) is 0.689. The number of hydrogen-bond donors (Lipinski definition) is 1. The number of aromatic amines is 1. The van der Waals surface area contributed by atoms with Crippen molar-refractivity contribution in [1.82, 2.24) is 19.4 Å². The Morgan fingerprint density at radius 2 is 1.90 bits per heavy atom. The molecular weight excluding hydrogens is 393 g/mol. The Hall–Kier alpha value is -3.43. The standard InChI is InChI=1S/C20H22FN5O4/c1-12(2)17-16(21)18(28)23-19(22-17)25-9-7-24(8-10-25)15(27)11-26-13-5-3-4-6-14(13)30-20(26)29/h3-6,12H,7-11H2,1-2H3,(H,22,23,28). The number of benzene rings is 1. The lowest BCUT2D eigenvalue weighted by Crippen LogP contribution is -2.50. The van der Waals surface area contributed by atoms with Crippen LogP contribution in [0, 0.1) is 5.82 Å². The van der Waals surface area contributed by atoms with Crippen molar-refractivity contribution in [1.29, 1.82) is 0 Å². The third-order valence-electron chi connectivity index (χ3n) is 5.22. The average Bonchev–Trinajstić information content (AvgIpc) is 3.05. The van der Waals surface area contributed by atoms with Gasteiger partial charge in [0.1, 0.15) is 6.54 Å². The smallest absolute Gasteiger partial charge is 0.408 e. The fraction of sp³-hybridized carbons (Fsp3) is 0.400. The zero-order valence-electron chi connectivity index (χ0n) is 16.7. The number of carbonyl (C=O) groups excluding carboxylic acids is 1. The van der Waals surface area contributed by atoms with Gasteiger partial charge in [-0.15, -0.1) is 0 Å². The van der Waals surface area contributed by atoms with E-state index in [-0.39, 0.29) is 24.1 Å². The Morgan fingerprint density at radius 3 is 2.60 bits per heavy atom. The first-order chi connectivity index (χ1) is 14.3. The first-order valence-corrected chi connectivity index (χ1v) is 9.76. The van der Waals surface area contributed by atoms with Crippen LogP contribution in [0.3, 0.4) is 0 Å². The van der Waals surface area contributed by atoms with Gasteiger partial charge in [0.25, 0.3) is 5.56 Å². The molecule has 0 saturated carbocycles. The van der Waals surface area contributed by atoms with Gasteiger partial charge < -0.3 is 14.2 Å². The molecule has 1 N–H and O–H groups in total. The second kappa shape index (κ2) is 7.77. The van der Waals surface area contributed by atoms with E-state index in [1.165, 1.54) is 4.57 Å². The van der Waals surface area contributed by atoms with E-state index >= 15 is 0 Å². The zero-order valence-corrected chi connectivity index (χ0v) is 16.7. The number of rotatable bonds is 4. The molecule has 1 amide bonds. The maximum Gasteiger partial charge on any atom is 0.420 e. The lowest BCUT2D eigenvalue weighted by molar-refractivity contribution is -0.132. The van der Waals surface area contributed by atoms with Crippen molar-refractivity contribution >= 4 is 23.0 Å². The van der Waals surface area contributed by atoms with Gasteiger partial charge in [-0.25, -0.2) is 9.78 Å². The van der Waals surface area contributed by atoms with E-state index in [2.05, 4.69) is 9.97 Å². The summed E-state index contributed by atoms with van der Waals surface area (Å²) in [6, 6.07) is 6.95. The summed E-state index contributed by atoms with van der Waals surface area (Å²) >= 11 is 0. The monoisotopic (exact) mass is 415 g/mol. The van der Waals surface area contributed by atoms with Crippen LogP contribution in [0.25, 0.3) is 11.1 Å². The van der Waals surface area contributed by atoms with Gasteiger partial charge in [0, 0.05) is 26.2 Å². The Morgan fingerprint density at radius 1 is 1.20 bits per heavy atom. The third-order valence-corrected chi connectivity index (χ3v) is 5.22. The van der Waals surface area contributed by atoms with Gasteiger partial charge >= 0.3 is 5.76 Å². The fourth-order valence-corrected chi connectivity index (χ4v) is 3.56. The number of nitrogens with zero attached hydrogens (tertiary/aromatic N) is 4. The highest BCUT2D eigenvalue weighted by Crippen LogP contribution is 2.18. The number of oxazole rings is 1. The molecule has 1 aromatic carbocycles. The number of piperazine rings is 1. The molecule has 0 unspecified atom stereocenters. The summed E-state index contributed by atoms with van der Waals surface area (Å²) in [5, 5.41) is 0. The van der Waals surface area contributed by atoms with Crippen molar-refractivity contribution in [2.45, 2.75) is 26.3 Å². The summed E-state index contributed by atoms with van der Waals surface area (Å²) in [6.07, 6.45) is 0. The van der Waals surface area contributed by atoms with Gasteiger partial charge in [0.15, 0.2) is 5.58 Å². The number of hydrogen-bond acceptors (Lipinski definition) is 6. The van der Waals surface area contributed by atoms with Gasteiger partial charge in [-0.1, -0.05) is 26.0 Å². The van der Waals surface area contributed by atoms with Gasteiger partial charge in [0.2, 0.25) is 17.7 Å². The van der Waals surface area contributed by atoms with Gasteiger partial charge in [0.05, 0.1) is 11.2 Å². The molecular formula is C20H22FN5O4. The number of nitrogens with one attached hydrogen (secondary N) is 1. The van der Waals surface area contributed by atoms with E-state index in [0.29, 0.717) is 43.2 Å². The highest BCUT2D eigenvalue weighted by atomic mass is 19.1. The SMILES string of the molecule is CC(C)c1nc(N2CCN(C(=O)Cn3c(=O)oc4ccccc43)CC2)[nH]c(=O)c1F. The molecule has 3 aromatic rings. The van der Waals surface area contributed by atoms with E-state index in [1.807, 2.05) is 4.90 Å². The molecule has 1 saturated heterocycles. The number of amides is 1. The molecule has 0 radical (unpaired) electrons. The number of aromatic nitrogens is 3. The number of H-pyrrole nitrogens is 1. The number of fused-ring (bicyclic) bond motifs is 1. The summed E-state index contributed by atoms with van der Waals surface area (Å²) in [4.78, 5) is 46.9. The third kappa shape index (κ3) is 3.60. The van der Waals surface area contributed by atoms with Crippen LogP contribution < -0.4 is 16.2 Å². The van der Waals surface area contributed by atoms with Crippen molar-refractivity contribution in [3.63, 3.8) is 0 Å². The number of carbonyl (C=O) groups is 1. The highest BCUT2D eigenvalue weighted by Gasteiger charge is 2.25. The van der Waals surface area contributed by atoms with Crippen LogP contribution in [-0.4, -0.2) is 51.5 Å². The summed E-state index contributed by atoms with van der Waals surface area (Å²) in [7, 11) is 0. The molecule has 1 aliphatic heterocycles. The molecule has 4 rings (SSSR count). The topological polar surface area (TPSA) is 104 Å². The molecule has 158 valence electrons. The van der Waals surface area contributed by atoms with Gasteiger partial charge in [-0.2, -0.15) is 4.39 Å². The summed E-state index contributed by atoms with van der Waals surface area (Å²) < 4.78 is 20.5. The van der Waals surface area contributed by atoms with E-state index in [4.69, 9.17) is 4.42 Å². The van der Waals surface area contributed by atoms with E-state index < -0.39 is 17.1 Å². The predicted octanol–water partition coefficient (Wildman–Crippen LogP) is 1.29. The van der Waals surface area contributed by atoms with Crippen LogP contribution in [0.15, 0.2) is 38.3 Å². The molecule has 1 aliphatic rings. The molecule has 0 aliphatic carbocycles. The van der Waals surface area contributed by atoms with Crippen LogP contribution in [0.1, 0.15) is 25.5 Å². The van der Waals surface area contributed by atoms with Crippen molar-refractivity contribution in [2.75, 3.05) is 31.1 Å². The Bertz CT molecular complexity index is 1200. The molecule has 2 aromatic heterocycles. The molecule has 1 fully saturated rings. The van der Waals surface area contributed by atoms with Crippen molar-refractivity contribution in [3.05, 3.63) is 56.7 Å². The first kappa shape index (κ1) is 19.9. The van der Waals surface area contributed by atoms with Crippen LogP contribution in [-0.2, 0) is 11.3 Å². The Labute approximate surface area is 170 Å². The van der Waals surface area contributed by atoms with Crippen LogP contribution >= 0.6 is 0 Å². The molecule has 9 nitrogen and oxygen atoms in total. The summed E-state index contributed by atoms with van der Waals surface area (Å²) in [5.74, 6) is -1.56. The lowest BCUT2D eigenvalue weighted by Gasteiger charge is -2.35. The Balaban J connectivity index is 1.46. The second-order valence-electron chi connectivity index (χ2n) is 7.53. The highest BCUT2D eigenvalue weighted by molar-refractivity contribution is 5.79. The Kier molecular flexibility index (Phi) is 5.15. The van der Waals surface area contributed by atoms with E-state index in [0.717, 1.165) is 0 Å². The molecule has 30 heavy (non-hydrogen) atoms. The number of halogens is 1. The van der Waals surface area contributed by atoms with Crippen LogP contribution in [0.2, 0.25) is 0 Å². The first-order valence-electron chi connectivity index (χ1n) is 9.76. The maximum absolute atomic E-state index is 14.0. The van der Waals surface area contributed by atoms with Crippen LogP contribution in [0.5, 0.6) is 0 Å². The minimum Gasteiger partial charge on any atom is -0.408 e. The second-order valence-corrected chi connectivity index (χ2v) is 7.53. The lowest BCUT2D eigenvalue weighted by atomic mass is 10.1. The van der Waals surface area contributed by atoms with E-state index in [9.17, 15) is 18.8 Å². The van der Waals surface area contributed by atoms with Crippen molar-refractivity contribution in [2.24, 2.45) is 0 Å². The molecule has 0 spiro atoms. The van der Waals surface area contributed by atoms with Gasteiger partial charge in [-0.3, -0.25) is 19.1 Å². The molecule has 10 heteroatoms. The molecule has 0 bridgehead atoms. The normalized spacial score (nSPS) is 14.7. The summed E-state index contributed by atoms with van der Waals surface area (Å²) in [5.41, 5.74) is 0.336. The number of anilines is 1. The minimum absolute atomic E-state index is 0.112. The zero-order chi connectivity index (χ0) is 21.4. The largest absolute Gasteiger partial charge is 0.420 e. The van der Waals surface area contributed by atoms with Crippen molar-refractivity contribution < 1.29 is 13.6 Å². The van der Waals surface area contributed by atoms with E-state index in [1.54, 1.807) is 43.0 Å².